The van der Waals surface area contributed by atoms with Gasteiger partial charge in [0.2, 0.25) is 0 Å². The predicted molar refractivity (Wildman–Crippen MR) is 342 cm³/mol. The molecule has 0 bridgehead atoms. The van der Waals surface area contributed by atoms with Crippen LogP contribution in [-0.4, -0.2) is 41.2 Å². The van der Waals surface area contributed by atoms with E-state index < -0.39 is 0 Å². The summed E-state index contributed by atoms with van der Waals surface area (Å²) in [6.45, 7) is 57.0. The molecule has 0 saturated carbocycles. The second-order valence-corrected chi connectivity index (χ2v) is 43.6. The Morgan fingerprint density at radius 3 is 0.487 bits per heavy atom. The molecule has 0 radical (unpaired) electrons. The molecule has 0 aliphatic carbocycles. The van der Waals surface area contributed by atoms with Crippen LogP contribution in [0.5, 0.6) is 0 Å². The Morgan fingerprint density at radius 1 is 0.237 bits per heavy atom. The minimum absolute atomic E-state index is 0. The topological polar surface area (TPSA) is 0 Å². The van der Waals surface area contributed by atoms with E-state index in [4.69, 9.17) is 0 Å². The van der Waals surface area contributed by atoms with Crippen LogP contribution < -0.4 is 30.6 Å². The van der Waals surface area contributed by atoms with Gasteiger partial charge in [-0.2, -0.15) is 24.3 Å². The summed E-state index contributed by atoms with van der Waals surface area (Å²) < 4.78 is 0. The molecule has 8 rings (SSSR count). The summed E-state index contributed by atoms with van der Waals surface area (Å²) in [5, 5.41) is 20.0. The van der Waals surface area contributed by atoms with Gasteiger partial charge in [-0.15, -0.1) is 161 Å². The molecule has 0 aliphatic heterocycles. The van der Waals surface area contributed by atoms with Gasteiger partial charge < -0.3 is 9.41 Å². The largest absolute Gasteiger partial charge is 2.00 e. The average Bonchev–Trinajstić information content (AvgIpc) is 3.98. The van der Waals surface area contributed by atoms with Gasteiger partial charge in [-0.1, -0.05) is 222 Å². The monoisotopic (exact) mass is 1250 g/mol. The number of benzene rings is 4. The Hall–Kier alpha value is -1.33. The van der Waals surface area contributed by atoms with Gasteiger partial charge in [-0.05, 0) is 41.2 Å². The normalized spacial score (nSPS) is 12.8. The summed E-state index contributed by atoms with van der Waals surface area (Å²) in [5.74, 6) is 0. The molecule has 0 spiro atoms. The van der Waals surface area contributed by atoms with Gasteiger partial charge in [0.25, 0.3) is 0 Å². The van der Waals surface area contributed by atoms with Gasteiger partial charge in [0.15, 0.2) is 0 Å². The average molecular weight is 1260 g/mol. The molecule has 8 heteroatoms. The molecule has 8 aromatic carbocycles. The second kappa shape index (κ2) is 27.6. The maximum atomic E-state index is 2.40. The van der Waals surface area contributed by atoms with Gasteiger partial charge in [0.1, 0.15) is 0 Å². The first-order valence-corrected chi connectivity index (χ1v) is 32.0. The number of halogens is 2. The van der Waals surface area contributed by atoms with Crippen molar-refractivity contribution in [3.8, 4) is 0 Å². The smallest absolute Gasteiger partial charge is 1.00 e. The Labute approximate surface area is 506 Å². The quantitative estimate of drug-likeness (QED) is 0.122. The van der Waals surface area contributed by atoms with Crippen molar-refractivity contribution in [1.29, 1.82) is 0 Å². The number of hydrogen-bond donors (Lipinski definition) is 0. The summed E-state index contributed by atoms with van der Waals surface area (Å²) in [4.78, 5) is 0. The first-order valence-electron chi connectivity index (χ1n) is 26.6. The van der Waals surface area contributed by atoms with Crippen molar-refractivity contribution in [2.45, 2.75) is 207 Å². The van der Waals surface area contributed by atoms with E-state index >= 15 is 0 Å². The second-order valence-electron chi connectivity index (χ2n) is 28.1. The summed E-state index contributed by atoms with van der Waals surface area (Å²) >= 11 is 0. The SMILES string of the molecule is CC(C)(C)P(c1cc2ccccc2[cH-]1)C(C)(C)C.CC(C)(C)P(c1cc2ccccc2[cH-]1)C(C)(C)C.CC(C)(C)P(c1cc2ccccc2[cH-]1)C(C)(C)C.CC(C)(C)P(c1cc2ccccc2[cH-]1)C(C)(C)C.[F-].[F-].[Zr+2].[Zr+2]. The van der Waals surface area contributed by atoms with Crippen molar-refractivity contribution in [3.63, 3.8) is 0 Å². The first-order chi connectivity index (χ1) is 32.8. The third-order valence-electron chi connectivity index (χ3n) is 12.8. The minimum atomic E-state index is -0.185. The fourth-order valence-corrected chi connectivity index (χ4v) is 28.6. The molecule has 0 aromatic heterocycles. The van der Waals surface area contributed by atoms with E-state index in [2.05, 4.69) is 312 Å². The summed E-state index contributed by atoms with van der Waals surface area (Å²) in [7, 11) is -0.739. The maximum absolute atomic E-state index is 2.40. The third-order valence-corrected chi connectivity index (χ3v) is 26.6. The Balaban J connectivity index is 0.000000498. The van der Waals surface area contributed by atoms with Crippen molar-refractivity contribution in [2.75, 3.05) is 0 Å². The van der Waals surface area contributed by atoms with Crippen LogP contribution in [0.15, 0.2) is 146 Å². The van der Waals surface area contributed by atoms with E-state index in [1.165, 1.54) is 43.1 Å². The first kappa shape index (κ1) is 72.7. The Kier molecular flexibility index (Phi) is 26.4. The van der Waals surface area contributed by atoms with Gasteiger partial charge >= 0.3 is 52.4 Å². The van der Waals surface area contributed by atoms with E-state index in [-0.39, 0.29) is 93.5 Å². The number of hydrogen-bond acceptors (Lipinski definition) is 0. The standard InChI is InChI=1S/4C17H24P.2FH.2Zr/c4*1-16(2,3)18(17(4,5)6)15-11-13-9-7-8-10-14(13)12-15;;;;/h4*7-12H,1-6H3;2*1H;;/q4*-1;;;2*+2/p-2. The fraction of sp³-hybridized carbons (Fsp3) is 0.471. The zero-order valence-corrected chi connectivity index (χ0v) is 59.9. The molecule has 0 saturated heterocycles. The van der Waals surface area contributed by atoms with Crippen LogP contribution in [0.4, 0.5) is 0 Å². The van der Waals surface area contributed by atoms with Crippen LogP contribution in [-0.2, 0) is 52.4 Å². The van der Waals surface area contributed by atoms with Crippen LogP contribution in [0.1, 0.15) is 166 Å². The van der Waals surface area contributed by atoms with Crippen LogP contribution in [0.3, 0.4) is 0 Å². The number of rotatable bonds is 4. The van der Waals surface area contributed by atoms with Crippen molar-refractivity contribution >= 4 is 96.0 Å². The minimum Gasteiger partial charge on any atom is -1.00 e. The molecule has 0 amide bonds. The molecule has 0 atom stereocenters. The molecule has 0 aliphatic rings. The van der Waals surface area contributed by atoms with Crippen LogP contribution in [0, 0.1) is 0 Å². The summed E-state index contributed by atoms with van der Waals surface area (Å²) in [5.41, 5.74) is 0. The van der Waals surface area contributed by atoms with E-state index in [0.717, 1.165) is 0 Å². The van der Waals surface area contributed by atoms with Crippen LogP contribution >= 0.6 is 31.7 Å². The Bertz CT molecular complexity index is 2380. The Morgan fingerprint density at radius 2 is 0.368 bits per heavy atom. The molecule has 8 aromatic rings. The van der Waals surface area contributed by atoms with Gasteiger partial charge in [-0.25, -0.2) is 0 Å². The fourth-order valence-electron chi connectivity index (χ4n) is 12.2. The molecule has 412 valence electrons. The summed E-state index contributed by atoms with van der Waals surface area (Å²) in [6, 6.07) is 54.0. The third kappa shape index (κ3) is 19.4. The number of fused-ring (bicyclic) bond motifs is 4. The predicted octanol–water partition coefficient (Wildman–Crippen LogP) is 15.1. The van der Waals surface area contributed by atoms with Gasteiger partial charge in [-0.3, -0.25) is 0 Å². The molecule has 0 heterocycles. The van der Waals surface area contributed by atoms with E-state index in [1.807, 2.05) is 0 Å². The van der Waals surface area contributed by atoms with Crippen LogP contribution in [0.2, 0.25) is 0 Å². The molecule has 0 fully saturated rings. The van der Waals surface area contributed by atoms with Crippen molar-refractivity contribution in [3.05, 3.63) is 146 Å². The van der Waals surface area contributed by atoms with Gasteiger partial charge in [0, 0.05) is 0 Å². The zero-order chi connectivity index (χ0) is 54.2. The maximum Gasteiger partial charge on any atom is 2.00 e. The molecule has 0 N–H and O–H groups in total. The van der Waals surface area contributed by atoms with E-state index in [0.29, 0.717) is 41.2 Å². The van der Waals surface area contributed by atoms with Crippen LogP contribution in [0.25, 0.3) is 43.1 Å². The molecule has 0 unspecified atom stereocenters. The molecule has 0 nitrogen and oxygen atoms in total. The van der Waals surface area contributed by atoms with Crippen molar-refractivity contribution in [1.82, 2.24) is 0 Å². The zero-order valence-electron chi connectivity index (χ0n) is 51.4. The van der Waals surface area contributed by atoms with E-state index in [1.54, 1.807) is 21.2 Å². The van der Waals surface area contributed by atoms with Crippen molar-refractivity contribution < 1.29 is 61.8 Å². The van der Waals surface area contributed by atoms with Crippen molar-refractivity contribution in [2.24, 2.45) is 0 Å². The van der Waals surface area contributed by atoms with Gasteiger partial charge in [0.05, 0.1) is 0 Å². The molecular formula is C68H96F2P4Zr2-2. The molecule has 76 heavy (non-hydrogen) atoms. The summed E-state index contributed by atoms with van der Waals surface area (Å²) in [6.07, 6.45) is 0. The molecular weight excluding hydrogens is 1160 g/mol. The van der Waals surface area contributed by atoms with E-state index in [9.17, 15) is 0 Å².